The lowest BCUT2D eigenvalue weighted by Gasteiger charge is -2.20. The Bertz CT molecular complexity index is 1020. The number of benzene rings is 1. The van der Waals surface area contributed by atoms with E-state index in [9.17, 15) is 4.79 Å². The number of thiazole rings is 1. The third-order valence-electron chi connectivity index (χ3n) is 5.19. The smallest absolute Gasteiger partial charge is 0.261 e. The molecule has 7 nitrogen and oxygen atoms in total. The Kier molecular flexibility index (Phi) is 5.85. The van der Waals surface area contributed by atoms with Gasteiger partial charge in [0.1, 0.15) is 17.1 Å². The quantitative estimate of drug-likeness (QED) is 0.638. The summed E-state index contributed by atoms with van der Waals surface area (Å²) in [7, 11) is 3.12. The highest BCUT2D eigenvalue weighted by Crippen LogP contribution is 2.34. The van der Waals surface area contributed by atoms with Crippen molar-refractivity contribution in [2.24, 2.45) is 0 Å². The number of amides is 1. The maximum atomic E-state index is 13.3. The van der Waals surface area contributed by atoms with E-state index < -0.39 is 0 Å². The van der Waals surface area contributed by atoms with Crippen LogP contribution in [0.5, 0.6) is 11.5 Å². The number of likely N-dealkylation sites (tertiary alicyclic amines) is 1. The number of aryl methyl sites for hydroxylation is 1. The zero-order chi connectivity index (χ0) is 21.1. The number of anilines is 2. The maximum Gasteiger partial charge on any atom is 0.261 e. The second-order valence-corrected chi connectivity index (χ2v) is 8.05. The van der Waals surface area contributed by atoms with Gasteiger partial charge in [-0.15, -0.1) is 11.3 Å². The molecule has 30 heavy (non-hydrogen) atoms. The lowest BCUT2D eigenvalue weighted by atomic mass is 10.0. The summed E-state index contributed by atoms with van der Waals surface area (Å²) in [6.45, 7) is 3.25. The van der Waals surface area contributed by atoms with Crippen molar-refractivity contribution >= 4 is 28.1 Å². The number of nitrogens with zero attached hydrogens (tertiary/aromatic N) is 3. The minimum Gasteiger partial charge on any atom is -0.496 e. The zero-order valence-electron chi connectivity index (χ0n) is 17.2. The molecule has 0 unspecified atom stereocenters. The highest BCUT2D eigenvalue weighted by Gasteiger charge is 2.32. The number of pyridine rings is 1. The predicted molar refractivity (Wildman–Crippen MR) is 117 cm³/mol. The molecule has 1 aliphatic rings. The first-order chi connectivity index (χ1) is 14.6. The first kappa shape index (κ1) is 20.2. The standard InChI is InChI=1S/C22H24N4O3S/c1-14-11-16(25-22-23-8-10-30-22)12-17(24-14)15-7-9-26(13-15)21(27)20-18(28-2)5-4-6-19(20)29-3/h4-6,8,10-12,15H,7,9,13H2,1-3H3,(H,23,24,25)/t15-/m0/s1. The summed E-state index contributed by atoms with van der Waals surface area (Å²) >= 11 is 1.55. The van der Waals surface area contributed by atoms with Crippen molar-refractivity contribution in [2.45, 2.75) is 19.3 Å². The van der Waals surface area contributed by atoms with Crippen molar-refractivity contribution in [1.82, 2.24) is 14.9 Å². The SMILES string of the molecule is COc1cccc(OC)c1C(=O)N1CC[C@H](c2cc(Nc3nccs3)cc(C)n2)C1. The van der Waals surface area contributed by atoms with E-state index in [0.717, 1.165) is 28.6 Å². The number of rotatable bonds is 6. The Morgan fingerprint density at radius 2 is 2.00 bits per heavy atom. The third kappa shape index (κ3) is 4.09. The second-order valence-electron chi connectivity index (χ2n) is 7.16. The minimum absolute atomic E-state index is 0.0828. The number of carbonyl (C=O) groups excluding carboxylic acids is 1. The van der Waals surface area contributed by atoms with Gasteiger partial charge in [-0.3, -0.25) is 9.78 Å². The highest BCUT2D eigenvalue weighted by atomic mass is 32.1. The van der Waals surface area contributed by atoms with Crippen molar-refractivity contribution in [3.8, 4) is 11.5 Å². The summed E-state index contributed by atoms with van der Waals surface area (Å²) in [5.74, 6) is 1.13. The fraction of sp³-hybridized carbons (Fsp3) is 0.318. The lowest BCUT2D eigenvalue weighted by Crippen LogP contribution is -2.29. The molecule has 2 aromatic heterocycles. The fourth-order valence-electron chi connectivity index (χ4n) is 3.79. The van der Waals surface area contributed by atoms with Gasteiger partial charge in [-0.2, -0.15) is 0 Å². The number of hydrogen-bond donors (Lipinski definition) is 1. The lowest BCUT2D eigenvalue weighted by molar-refractivity contribution is 0.0783. The van der Waals surface area contributed by atoms with Crippen LogP contribution in [-0.2, 0) is 0 Å². The van der Waals surface area contributed by atoms with Crippen LogP contribution in [0, 0.1) is 6.92 Å². The van der Waals surface area contributed by atoms with Crippen LogP contribution >= 0.6 is 11.3 Å². The average Bonchev–Trinajstić information content (AvgIpc) is 3.44. The van der Waals surface area contributed by atoms with Gasteiger partial charge in [0.2, 0.25) is 0 Å². The van der Waals surface area contributed by atoms with Gasteiger partial charge in [-0.25, -0.2) is 4.98 Å². The number of hydrogen-bond acceptors (Lipinski definition) is 7. The average molecular weight is 425 g/mol. The van der Waals surface area contributed by atoms with E-state index in [2.05, 4.69) is 16.4 Å². The topological polar surface area (TPSA) is 76.6 Å². The van der Waals surface area contributed by atoms with Crippen LogP contribution in [0.25, 0.3) is 0 Å². The van der Waals surface area contributed by atoms with E-state index in [0.29, 0.717) is 30.2 Å². The van der Waals surface area contributed by atoms with Crippen molar-refractivity contribution in [2.75, 3.05) is 32.6 Å². The molecule has 156 valence electrons. The van der Waals surface area contributed by atoms with E-state index in [1.54, 1.807) is 43.9 Å². The molecule has 8 heteroatoms. The molecular formula is C22H24N4O3S. The van der Waals surface area contributed by atoms with Gasteiger partial charge in [0.05, 0.1) is 14.2 Å². The Hall–Kier alpha value is -3.13. The number of nitrogens with one attached hydrogen (secondary N) is 1. The second kappa shape index (κ2) is 8.71. The van der Waals surface area contributed by atoms with E-state index in [-0.39, 0.29) is 11.8 Å². The first-order valence-corrected chi connectivity index (χ1v) is 10.6. The van der Waals surface area contributed by atoms with Crippen LogP contribution in [0.4, 0.5) is 10.8 Å². The van der Waals surface area contributed by atoms with Crippen LogP contribution in [0.3, 0.4) is 0 Å². The molecule has 3 aromatic rings. The summed E-state index contributed by atoms with van der Waals surface area (Å²) in [5.41, 5.74) is 3.34. The zero-order valence-corrected chi connectivity index (χ0v) is 18.0. The van der Waals surface area contributed by atoms with Crippen molar-refractivity contribution in [3.63, 3.8) is 0 Å². The van der Waals surface area contributed by atoms with Gasteiger partial charge in [0, 0.05) is 47.7 Å². The molecule has 0 saturated carbocycles. The van der Waals surface area contributed by atoms with Crippen LogP contribution in [0.1, 0.15) is 34.1 Å². The molecule has 1 atom stereocenters. The number of aromatic nitrogens is 2. The van der Waals surface area contributed by atoms with Crippen molar-refractivity contribution < 1.29 is 14.3 Å². The minimum atomic E-state index is -0.0828. The Labute approximate surface area is 179 Å². The third-order valence-corrected chi connectivity index (χ3v) is 5.88. The van der Waals surface area contributed by atoms with Crippen LogP contribution < -0.4 is 14.8 Å². The summed E-state index contributed by atoms with van der Waals surface area (Å²) in [6, 6.07) is 9.43. The van der Waals surface area contributed by atoms with Gasteiger partial charge in [-0.1, -0.05) is 6.07 Å². The molecule has 0 bridgehead atoms. The Balaban J connectivity index is 1.54. The first-order valence-electron chi connectivity index (χ1n) is 9.74. The molecule has 1 fully saturated rings. The molecule has 1 saturated heterocycles. The highest BCUT2D eigenvalue weighted by molar-refractivity contribution is 7.13. The molecule has 4 rings (SSSR count). The van der Waals surface area contributed by atoms with E-state index in [1.165, 1.54) is 0 Å². The molecule has 0 radical (unpaired) electrons. The molecule has 0 aliphatic carbocycles. The molecule has 1 aromatic carbocycles. The van der Waals surface area contributed by atoms with Crippen LogP contribution in [0.15, 0.2) is 41.9 Å². The summed E-state index contributed by atoms with van der Waals surface area (Å²) < 4.78 is 10.8. The van der Waals surface area contributed by atoms with Crippen molar-refractivity contribution in [3.05, 3.63) is 58.9 Å². The number of methoxy groups -OCH3 is 2. The van der Waals surface area contributed by atoms with Gasteiger partial charge < -0.3 is 19.7 Å². The van der Waals surface area contributed by atoms with Gasteiger partial charge >= 0.3 is 0 Å². The van der Waals surface area contributed by atoms with Crippen LogP contribution in [-0.4, -0.2) is 48.1 Å². The van der Waals surface area contributed by atoms with E-state index >= 15 is 0 Å². The van der Waals surface area contributed by atoms with Gasteiger partial charge in [-0.05, 0) is 37.6 Å². The summed E-state index contributed by atoms with van der Waals surface area (Å²) in [4.78, 5) is 24.1. The van der Waals surface area contributed by atoms with Gasteiger partial charge in [0.15, 0.2) is 5.13 Å². The Morgan fingerprint density at radius 3 is 2.67 bits per heavy atom. The molecule has 1 amide bonds. The normalized spacial score (nSPS) is 15.8. The fourth-order valence-corrected chi connectivity index (χ4v) is 4.34. The van der Waals surface area contributed by atoms with Crippen molar-refractivity contribution in [1.29, 1.82) is 0 Å². The molecule has 1 N–H and O–H groups in total. The summed E-state index contributed by atoms with van der Waals surface area (Å²) in [5, 5.41) is 6.11. The maximum absolute atomic E-state index is 13.3. The molecule has 0 spiro atoms. The van der Waals surface area contributed by atoms with Crippen LogP contribution in [0.2, 0.25) is 0 Å². The number of ether oxygens (including phenoxy) is 2. The predicted octanol–water partition coefficient (Wildman–Crippen LogP) is 4.24. The molecule has 1 aliphatic heterocycles. The van der Waals surface area contributed by atoms with E-state index in [4.69, 9.17) is 14.5 Å². The summed E-state index contributed by atoms with van der Waals surface area (Å²) in [6.07, 6.45) is 2.63. The monoisotopic (exact) mass is 424 g/mol. The molecule has 3 heterocycles. The largest absolute Gasteiger partial charge is 0.496 e. The Morgan fingerprint density at radius 1 is 1.23 bits per heavy atom. The van der Waals surface area contributed by atoms with Gasteiger partial charge in [0.25, 0.3) is 5.91 Å². The van der Waals surface area contributed by atoms with E-state index in [1.807, 2.05) is 29.3 Å². The molecular weight excluding hydrogens is 400 g/mol. The number of carbonyl (C=O) groups is 1.